The van der Waals surface area contributed by atoms with Crippen molar-refractivity contribution in [1.82, 2.24) is 4.98 Å². The molecule has 2 aromatic rings. The van der Waals surface area contributed by atoms with Crippen LogP contribution in [0.1, 0.15) is 31.7 Å². The number of fused-ring (bicyclic) bond motifs is 1. The molecule has 0 aliphatic heterocycles. The van der Waals surface area contributed by atoms with Crippen molar-refractivity contribution in [3.63, 3.8) is 0 Å². The van der Waals surface area contributed by atoms with E-state index in [0.29, 0.717) is 34.6 Å². The third-order valence-corrected chi connectivity index (χ3v) is 3.52. The van der Waals surface area contributed by atoms with Gasteiger partial charge in [-0.3, -0.25) is 4.79 Å². The second kappa shape index (κ2) is 5.61. The number of pyridine rings is 1. The molecule has 21 heavy (non-hydrogen) atoms. The minimum Gasteiger partial charge on any atom is -0.406 e. The highest BCUT2D eigenvalue weighted by Gasteiger charge is 2.19. The molecule has 108 valence electrons. The number of nitrogens with one attached hydrogen (secondary N) is 1. The molecule has 4 heteroatoms. The van der Waals surface area contributed by atoms with Gasteiger partial charge in [0, 0.05) is 11.3 Å². The van der Waals surface area contributed by atoms with Gasteiger partial charge in [-0.2, -0.15) is 0 Å². The molecule has 1 N–H and O–H groups in total. The summed E-state index contributed by atoms with van der Waals surface area (Å²) in [6.07, 6.45) is 6.25. The summed E-state index contributed by atoms with van der Waals surface area (Å²) in [5, 5.41) is 0.558. The van der Waals surface area contributed by atoms with Crippen LogP contribution in [0, 0.1) is 23.8 Å². The quantitative estimate of drug-likeness (QED) is 0.879. The van der Waals surface area contributed by atoms with E-state index >= 15 is 0 Å². The van der Waals surface area contributed by atoms with Gasteiger partial charge in [0.15, 0.2) is 5.75 Å². The lowest BCUT2D eigenvalue weighted by atomic mass is 10.1. The summed E-state index contributed by atoms with van der Waals surface area (Å²) in [4.78, 5) is 14.9. The normalized spacial score (nSPS) is 13.8. The van der Waals surface area contributed by atoms with Gasteiger partial charge < -0.3 is 9.72 Å². The van der Waals surface area contributed by atoms with E-state index in [1.165, 1.54) is 12.1 Å². The molecule has 0 saturated heterocycles. The van der Waals surface area contributed by atoms with Gasteiger partial charge in [-0.15, -0.1) is 0 Å². The number of ether oxygens (including phenoxy) is 1. The first-order valence-electron chi connectivity index (χ1n) is 7.21. The topological polar surface area (TPSA) is 42.1 Å². The number of aromatic amines is 1. The monoisotopic (exact) mass is 285 g/mol. The summed E-state index contributed by atoms with van der Waals surface area (Å²) in [5.41, 5.74) is 0.893. The molecule has 1 aromatic carbocycles. The van der Waals surface area contributed by atoms with Crippen LogP contribution in [0.4, 0.5) is 4.39 Å². The maximum absolute atomic E-state index is 13.5. The molecule has 1 aromatic heterocycles. The van der Waals surface area contributed by atoms with Crippen LogP contribution in [0.15, 0.2) is 23.0 Å². The molecule has 1 heterocycles. The summed E-state index contributed by atoms with van der Waals surface area (Å²) < 4.78 is 19.1. The Balaban J connectivity index is 2.14. The van der Waals surface area contributed by atoms with Crippen molar-refractivity contribution in [3.8, 4) is 17.8 Å². The van der Waals surface area contributed by atoms with Gasteiger partial charge in [0.05, 0.1) is 11.1 Å². The number of aromatic nitrogens is 1. The third-order valence-electron chi connectivity index (χ3n) is 3.52. The van der Waals surface area contributed by atoms with Crippen LogP contribution in [0.5, 0.6) is 5.75 Å². The van der Waals surface area contributed by atoms with E-state index in [1.54, 1.807) is 6.07 Å². The lowest BCUT2D eigenvalue weighted by Crippen LogP contribution is -2.14. The summed E-state index contributed by atoms with van der Waals surface area (Å²) in [5.74, 6) is 3.43. The summed E-state index contributed by atoms with van der Waals surface area (Å²) in [6.45, 7) is 1.98. The second-order valence-electron chi connectivity index (χ2n) is 5.32. The molecule has 1 aliphatic rings. The van der Waals surface area contributed by atoms with Crippen LogP contribution in [0.2, 0.25) is 0 Å². The molecule has 0 amide bonds. The van der Waals surface area contributed by atoms with Crippen molar-refractivity contribution in [2.24, 2.45) is 5.92 Å². The maximum Gasteiger partial charge on any atom is 0.255 e. The Morgan fingerprint density at radius 3 is 2.95 bits per heavy atom. The molecule has 0 spiro atoms. The van der Waals surface area contributed by atoms with Gasteiger partial charge in [0.1, 0.15) is 11.9 Å². The first-order chi connectivity index (χ1) is 10.2. The van der Waals surface area contributed by atoms with Crippen molar-refractivity contribution in [3.05, 3.63) is 39.9 Å². The van der Waals surface area contributed by atoms with Gasteiger partial charge in [-0.25, -0.2) is 4.39 Å². The molecule has 1 saturated carbocycles. The Kier molecular flexibility index (Phi) is 3.66. The van der Waals surface area contributed by atoms with E-state index in [0.717, 1.165) is 19.3 Å². The van der Waals surface area contributed by atoms with Crippen molar-refractivity contribution >= 4 is 10.9 Å². The minimum atomic E-state index is -0.364. The summed E-state index contributed by atoms with van der Waals surface area (Å²) in [6, 6.07) is 4.24. The number of hydrogen-bond donors (Lipinski definition) is 1. The third kappa shape index (κ3) is 2.92. The van der Waals surface area contributed by atoms with Crippen molar-refractivity contribution in [1.29, 1.82) is 0 Å². The Labute approximate surface area is 122 Å². The lowest BCUT2D eigenvalue weighted by molar-refractivity contribution is 0.514. The average molecular weight is 285 g/mol. The number of H-pyrrole nitrogens is 1. The van der Waals surface area contributed by atoms with E-state index in [-0.39, 0.29) is 11.4 Å². The Hall–Kier alpha value is -2.28. The van der Waals surface area contributed by atoms with E-state index in [2.05, 4.69) is 17.0 Å². The van der Waals surface area contributed by atoms with E-state index in [1.807, 2.05) is 6.92 Å². The van der Waals surface area contributed by atoms with Gasteiger partial charge in [-0.1, -0.05) is 19.3 Å². The van der Waals surface area contributed by atoms with Gasteiger partial charge in [-0.05, 0) is 37.5 Å². The summed E-state index contributed by atoms with van der Waals surface area (Å²) in [7, 11) is 0. The number of halogens is 1. The number of benzene rings is 1. The fourth-order valence-corrected chi connectivity index (χ4v) is 2.26. The number of rotatable bonds is 3. The molecule has 1 aliphatic carbocycles. The van der Waals surface area contributed by atoms with Crippen LogP contribution in [-0.4, -0.2) is 4.98 Å². The molecule has 0 radical (unpaired) electrons. The fourth-order valence-electron chi connectivity index (χ4n) is 2.26. The molecule has 0 atom stereocenters. The van der Waals surface area contributed by atoms with E-state index < -0.39 is 0 Å². The second-order valence-corrected chi connectivity index (χ2v) is 5.32. The lowest BCUT2D eigenvalue weighted by Gasteiger charge is -2.09. The highest BCUT2D eigenvalue weighted by atomic mass is 19.1. The van der Waals surface area contributed by atoms with Gasteiger partial charge >= 0.3 is 0 Å². The van der Waals surface area contributed by atoms with Crippen molar-refractivity contribution in [2.45, 2.75) is 32.6 Å². The van der Waals surface area contributed by atoms with Crippen LogP contribution < -0.4 is 10.3 Å². The predicted octanol–water partition coefficient (Wildman–Crippen LogP) is 3.37. The van der Waals surface area contributed by atoms with Crippen molar-refractivity contribution in [2.75, 3.05) is 0 Å². The molecule has 3 nitrogen and oxygen atoms in total. The molecule has 1 fully saturated rings. The average Bonchev–Trinajstić information content (AvgIpc) is 3.27. The highest BCUT2D eigenvalue weighted by Crippen LogP contribution is 2.29. The zero-order valence-electron chi connectivity index (χ0n) is 11.8. The Morgan fingerprint density at radius 2 is 2.24 bits per heavy atom. The van der Waals surface area contributed by atoms with E-state index in [9.17, 15) is 9.18 Å². The standard InChI is InChI=1S/C17H16FNO2/c1-2-3-13-16(21-9-8-11-4-5-11)14-10-12(18)6-7-15(14)19-17(13)20/h6-7,10-11H,2-5H2,1H3,(H,19,20). The van der Waals surface area contributed by atoms with Crippen molar-refractivity contribution < 1.29 is 9.13 Å². The van der Waals surface area contributed by atoms with Gasteiger partial charge in [0.25, 0.3) is 5.56 Å². The maximum atomic E-state index is 13.5. The zero-order chi connectivity index (χ0) is 14.8. The molecular formula is C17H16FNO2. The SMILES string of the molecule is CCCc1c(OC#CC2CC2)c2cc(F)ccc2[nH]c1=O. The molecule has 3 rings (SSSR count). The Morgan fingerprint density at radius 1 is 1.43 bits per heavy atom. The smallest absolute Gasteiger partial charge is 0.255 e. The fraction of sp³-hybridized carbons (Fsp3) is 0.353. The first-order valence-corrected chi connectivity index (χ1v) is 7.21. The van der Waals surface area contributed by atoms with Crippen LogP contribution >= 0.6 is 0 Å². The highest BCUT2D eigenvalue weighted by molar-refractivity contribution is 5.86. The van der Waals surface area contributed by atoms with Gasteiger partial charge in [0.2, 0.25) is 0 Å². The molecule has 0 bridgehead atoms. The first kappa shape index (κ1) is 13.7. The molecule has 0 unspecified atom stereocenters. The van der Waals surface area contributed by atoms with Crippen LogP contribution in [-0.2, 0) is 6.42 Å². The zero-order valence-corrected chi connectivity index (χ0v) is 11.8. The largest absolute Gasteiger partial charge is 0.406 e. The molecular weight excluding hydrogens is 269 g/mol. The predicted molar refractivity (Wildman–Crippen MR) is 79.6 cm³/mol. The van der Waals surface area contributed by atoms with Crippen LogP contribution in [0.25, 0.3) is 10.9 Å². The van der Waals surface area contributed by atoms with Crippen LogP contribution in [0.3, 0.4) is 0 Å². The summed E-state index contributed by atoms with van der Waals surface area (Å²) >= 11 is 0. The van der Waals surface area contributed by atoms with E-state index in [4.69, 9.17) is 4.74 Å². The minimum absolute atomic E-state index is 0.195. The Bertz CT molecular complexity index is 794. The number of hydrogen-bond acceptors (Lipinski definition) is 2.